The van der Waals surface area contributed by atoms with Gasteiger partial charge >= 0.3 is 18.3 Å². The van der Waals surface area contributed by atoms with Gasteiger partial charge in [-0.1, -0.05) is 49.4 Å². The number of rotatable bonds is 12. The average Bonchev–Trinajstić information content (AvgIpc) is 3.66. The highest BCUT2D eigenvalue weighted by molar-refractivity contribution is 5.67. The van der Waals surface area contributed by atoms with Gasteiger partial charge in [0, 0.05) is 47.4 Å². The van der Waals surface area contributed by atoms with Crippen molar-refractivity contribution in [2.24, 2.45) is 5.92 Å². The Bertz CT molecular complexity index is 1840. The highest BCUT2D eigenvalue weighted by atomic mass is 19.4. The summed E-state index contributed by atoms with van der Waals surface area (Å²) in [6.45, 7) is 3.91. The topological polar surface area (TPSA) is 82.2 Å². The van der Waals surface area contributed by atoms with Gasteiger partial charge in [-0.15, -0.1) is 0 Å². The number of halogens is 6. The van der Waals surface area contributed by atoms with Gasteiger partial charge in [0.1, 0.15) is 23.6 Å². The highest BCUT2D eigenvalue weighted by Gasteiger charge is 2.32. The standard InChI is InChI=1S/C35H32F6N4O3/c1-22(20-30(46)47)6-5-19-48-29-8-4-3-7-28(29)33(44-18-17-42-31(44)24-9-13-26(14-10-24)34(36,37)38)45-23(2)21-43-32(45)25-11-15-27(16-12-25)35(39,40)41/h3-4,7-18,21-22,33H,5-6,19-20H2,1-2H3,(H,46,47)/t22?,33-/m1/s1. The van der Waals surface area contributed by atoms with Crippen LogP contribution < -0.4 is 4.74 Å². The number of nitrogens with zero attached hydrogens (tertiary/aromatic N) is 4. The molecule has 7 nitrogen and oxygen atoms in total. The van der Waals surface area contributed by atoms with E-state index in [1.54, 1.807) is 42.1 Å². The van der Waals surface area contributed by atoms with Crippen molar-refractivity contribution >= 4 is 5.97 Å². The summed E-state index contributed by atoms with van der Waals surface area (Å²) in [5, 5.41) is 9.08. The minimum atomic E-state index is -4.53. The first kappa shape index (κ1) is 34.3. The second-order valence-corrected chi connectivity index (χ2v) is 11.5. The third-order valence-electron chi connectivity index (χ3n) is 7.92. The van der Waals surface area contributed by atoms with E-state index in [1.807, 2.05) is 17.6 Å². The van der Waals surface area contributed by atoms with Crippen LogP contribution in [0.2, 0.25) is 0 Å². The number of carbonyl (C=O) groups is 1. The second-order valence-electron chi connectivity index (χ2n) is 11.5. The normalized spacial score (nSPS) is 13.3. The number of benzene rings is 3. The minimum Gasteiger partial charge on any atom is -0.493 e. The van der Waals surface area contributed by atoms with Crippen LogP contribution in [-0.4, -0.2) is 36.8 Å². The van der Waals surface area contributed by atoms with Crippen LogP contribution in [-0.2, 0) is 17.1 Å². The molecule has 2 atom stereocenters. The van der Waals surface area contributed by atoms with E-state index in [-0.39, 0.29) is 18.9 Å². The van der Waals surface area contributed by atoms with Gasteiger partial charge in [-0.05, 0) is 56.0 Å². The molecule has 0 amide bonds. The van der Waals surface area contributed by atoms with Gasteiger partial charge in [-0.25, -0.2) is 9.97 Å². The van der Waals surface area contributed by atoms with Crippen molar-refractivity contribution in [3.05, 3.63) is 114 Å². The predicted octanol–water partition coefficient (Wildman–Crippen LogP) is 9.12. The summed E-state index contributed by atoms with van der Waals surface area (Å²) in [4.78, 5) is 20.1. The Morgan fingerprint density at radius 1 is 0.854 bits per heavy atom. The van der Waals surface area contributed by atoms with E-state index < -0.39 is 35.6 Å². The summed E-state index contributed by atoms with van der Waals surface area (Å²) in [5.74, 6) is 0.228. The van der Waals surface area contributed by atoms with E-state index >= 15 is 0 Å². The molecule has 0 aliphatic rings. The number of carboxylic acid groups (broad SMARTS) is 1. The Balaban J connectivity index is 1.61. The van der Waals surface area contributed by atoms with E-state index in [4.69, 9.17) is 9.84 Å². The smallest absolute Gasteiger partial charge is 0.416 e. The molecule has 0 bridgehead atoms. The van der Waals surface area contributed by atoms with Crippen molar-refractivity contribution in [1.82, 2.24) is 19.1 Å². The van der Waals surface area contributed by atoms with Gasteiger partial charge in [-0.2, -0.15) is 26.3 Å². The van der Waals surface area contributed by atoms with Gasteiger partial charge in [0.2, 0.25) is 0 Å². The summed E-state index contributed by atoms with van der Waals surface area (Å²) in [6, 6.07) is 16.4. The second kappa shape index (κ2) is 14.0. The van der Waals surface area contributed by atoms with Crippen LogP contribution in [0.25, 0.3) is 22.8 Å². The van der Waals surface area contributed by atoms with Gasteiger partial charge in [0.05, 0.1) is 17.7 Å². The van der Waals surface area contributed by atoms with Crippen LogP contribution >= 0.6 is 0 Å². The van der Waals surface area contributed by atoms with Crippen molar-refractivity contribution in [3.63, 3.8) is 0 Å². The lowest BCUT2D eigenvalue weighted by Crippen LogP contribution is -2.23. The van der Waals surface area contributed by atoms with Gasteiger partial charge in [-0.3, -0.25) is 4.79 Å². The lowest BCUT2D eigenvalue weighted by molar-refractivity contribution is -0.138. The first-order chi connectivity index (χ1) is 22.7. The van der Waals surface area contributed by atoms with Crippen LogP contribution in [0.5, 0.6) is 5.75 Å². The van der Waals surface area contributed by atoms with Crippen molar-refractivity contribution < 1.29 is 41.0 Å². The summed E-state index contributed by atoms with van der Waals surface area (Å²) >= 11 is 0. The first-order valence-electron chi connectivity index (χ1n) is 15.1. The number of hydrogen-bond donors (Lipinski definition) is 1. The third-order valence-corrected chi connectivity index (χ3v) is 7.92. The van der Waals surface area contributed by atoms with Crippen molar-refractivity contribution in [1.29, 1.82) is 0 Å². The summed E-state index contributed by atoms with van der Waals surface area (Å²) in [7, 11) is 0. The minimum absolute atomic E-state index is 0.0403. The number of alkyl halides is 6. The monoisotopic (exact) mass is 670 g/mol. The highest BCUT2D eigenvalue weighted by Crippen LogP contribution is 2.38. The Kier molecular flexibility index (Phi) is 9.97. The largest absolute Gasteiger partial charge is 0.493 e. The zero-order valence-electron chi connectivity index (χ0n) is 26.0. The third kappa shape index (κ3) is 7.72. The summed E-state index contributed by atoms with van der Waals surface area (Å²) in [5.41, 5.74) is 0.442. The fourth-order valence-electron chi connectivity index (χ4n) is 5.57. The molecule has 2 heterocycles. The molecule has 0 aliphatic heterocycles. The maximum absolute atomic E-state index is 13.4. The van der Waals surface area contributed by atoms with Crippen LogP contribution in [0.3, 0.4) is 0 Å². The number of aryl methyl sites for hydroxylation is 1. The van der Waals surface area contributed by atoms with Crippen LogP contribution in [0.15, 0.2) is 91.4 Å². The molecule has 5 rings (SSSR count). The first-order valence-corrected chi connectivity index (χ1v) is 15.1. The zero-order valence-corrected chi connectivity index (χ0v) is 26.0. The molecule has 0 spiro atoms. The molecule has 48 heavy (non-hydrogen) atoms. The fraction of sp³-hybridized carbons (Fsp3) is 0.286. The number of para-hydroxylation sites is 1. The molecule has 5 aromatic rings. The van der Waals surface area contributed by atoms with Crippen LogP contribution in [0.1, 0.15) is 54.7 Å². The van der Waals surface area contributed by atoms with E-state index in [9.17, 15) is 31.1 Å². The molecule has 252 valence electrons. The Hall–Kier alpha value is -5.07. The quantitative estimate of drug-likeness (QED) is 0.106. The van der Waals surface area contributed by atoms with Crippen LogP contribution in [0.4, 0.5) is 26.3 Å². The van der Waals surface area contributed by atoms with Crippen molar-refractivity contribution in [2.45, 2.75) is 51.6 Å². The predicted molar refractivity (Wildman–Crippen MR) is 166 cm³/mol. The molecule has 0 saturated heterocycles. The zero-order chi connectivity index (χ0) is 34.6. The van der Waals surface area contributed by atoms with Gasteiger partial charge in [0.15, 0.2) is 0 Å². The summed E-state index contributed by atoms with van der Waals surface area (Å²) in [6.07, 6.45) is -3.85. The number of hydrogen-bond acceptors (Lipinski definition) is 4. The van der Waals surface area contributed by atoms with E-state index in [2.05, 4.69) is 9.97 Å². The molecular weight excluding hydrogens is 638 g/mol. The number of carboxylic acids is 1. The molecule has 0 saturated carbocycles. The molecule has 13 heteroatoms. The van der Waals surface area contributed by atoms with Crippen LogP contribution in [0, 0.1) is 12.8 Å². The molecule has 1 N–H and O–H groups in total. The van der Waals surface area contributed by atoms with E-state index in [0.29, 0.717) is 52.6 Å². The number of ether oxygens (including phenoxy) is 1. The maximum atomic E-state index is 13.4. The lowest BCUT2D eigenvalue weighted by Gasteiger charge is -2.28. The fourth-order valence-corrected chi connectivity index (χ4v) is 5.57. The Morgan fingerprint density at radius 3 is 2.02 bits per heavy atom. The van der Waals surface area contributed by atoms with E-state index in [1.165, 1.54) is 30.5 Å². The van der Waals surface area contributed by atoms with Gasteiger partial charge < -0.3 is 19.0 Å². The molecule has 2 aromatic heterocycles. The van der Waals surface area contributed by atoms with Crippen molar-refractivity contribution in [2.75, 3.05) is 6.61 Å². The molecule has 0 fully saturated rings. The number of imidazole rings is 2. The SMILES string of the molecule is Cc1cnc(-c2ccc(C(F)(F)F)cc2)n1[C@H](c1ccccc1OCCCC(C)CC(=O)O)n1ccnc1-c1ccc(C(F)(F)F)cc1. The molecular formula is C35H32F6N4O3. The summed E-state index contributed by atoms with van der Waals surface area (Å²) < 4.78 is 90.0. The molecule has 0 aliphatic carbocycles. The Morgan fingerprint density at radius 2 is 1.44 bits per heavy atom. The maximum Gasteiger partial charge on any atom is 0.416 e. The van der Waals surface area contributed by atoms with E-state index in [0.717, 1.165) is 24.3 Å². The molecule has 3 aromatic carbocycles. The lowest BCUT2D eigenvalue weighted by atomic mass is 10.0. The number of aliphatic carboxylic acids is 1. The Labute approximate surface area is 272 Å². The molecule has 0 radical (unpaired) electrons. The van der Waals surface area contributed by atoms with Gasteiger partial charge in [0.25, 0.3) is 0 Å². The average molecular weight is 671 g/mol. The number of aromatic nitrogens is 4. The van der Waals surface area contributed by atoms with Crippen molar-refractivity contribution in [3.8, 4) is 28.5 Å². The molecule has 1 unspecified atom stereocenters.